The van der Waals surface area contributed by atoms with E-state index in [1.54, 1.807) is 0 Å². The summed E-state index contributed by atoms with van der Waals surface area (Å²) in [5.74, 6) is 2.54. The van der Waals surface area contributed by atoms with Crippen LogP contribution in [0.1, 0.15) is 64.7 Å². The molecular formula is C15H28OS. The zero-order chi connectivity index (χ0) is 12.1. The molecule has 0 amide bonds. The first-order valence-electron chi connectivity index (χ1n) is 7.59. The smallest absolute Gasteiger partial charge is 0.0658 e. The monoisotopic (exact) mass is 256 g/mol. The molecule has 2 saturated carbocycles. The van der Waals surface area contributed by atoms with Crippen LogP contribution in [0.2, 0.25) is 0 Å². The Bertz CT molecular complexity index is 205. The molecule has 2 fully saturated rings. The van der Waals surface area contributed by atoms with E-state index in [1.807, 2.05) is 11.8 Å². The Hall–Kier alpha value is 0.310. The van der Waals surface area contributed by atoms with Crippen LogP contribution in [0.5, 0.6) is 0 Å². The van der Waals surface area contributed by atoms with Crippen LogP contribution in [0.4, 0.5) is 0 Å². The van der Waals surface area contributed by atoms with Crippen molar-refractivity contribution in [3.63, 3.8) is 0 Å². The van der Waals surface area contributed by atoms with E-state index in [0.717, 1.165) is 16.9 Å². The minimum atomic E-state index is -0.0293. The van der Waals surface area contributed by atoms with Crippen molar-refractivity contribution in [2.45, 2.75) is 76.1 Å². The first-order valence-corrected chi connectivity index (χ1v) is 8.64. The van der Waals surface area contributed by atoms with E-state index in [1.165, 1.54) is 57.8 Å². The van der Waals surface area contributed by atoms with Gasteiger partial charge in [-0.15, -0.1) is 0 Å². The second kappa shape index (κ2) is 7.04. The standard InChI is InChI=1S/C15H28OS/c1-2-12-7-9-13(10-8-12)15(16)11-17-14-5-3-4-6-14/h12-16H,2-11H2,1H3. The molecule has 0 aromatic rings. The quantitative estimate of drug-likeness (QED) is 0.794. The zero-order valence-electron chi connectivity index (χ0n) is 11.2. The van der Waals surface area contributed by atoms with Crippen LogP contribution in [0.15, 0.2) is 0 Å². The lowest BCUT2D eigenvalue weighted by Crippen LogP contribution is -2.28. The van der Waals surface area contributed by atoms with Crippen molar-refractivity contribution in [1.29, 1.82) is 0 Å². The fourth-order valence-corrected chi connectivity index (χ4v) is 4.82. The molecule has 2 aliphatic carbocycles. The Balaban J connectivity index is 1.64. The van der Waals surface area contributed by atoms with Crippen LogP contribution in [0, 0.1) is 11.8 Å². The normalized spacial score (nSPS) is 32.8. The van der Waals surface area contributed by atoms with Gasteiger partial charge in [-0.05, 0) is 37.5 Å². The first-order chi connectivity index (χ1) is 8.29. The van der Waals surface area contributed by atoms with E-state index >= 15 is 0 Å². The Morgan fingerprint density at radius 2 is 1.71 bits per heavy atom. The van der Waals surface area contributed by atoms with Gasteiger partial charge in [-0.2, -0.15) is 11.8 Å². The summed E-state index contributed by atoms with van der Waals surface area (Å²) in [6.07, 6.45) is 12.2. The maximum absolute atomic E-state index is 10.3. The van der Waals surface area contributed by atoms with Crippen molar-refractivity contribution in [2.75, 3.05) is 5.75 Å². The molecule has 100 valence electrons. The highest BCUT2D eigenvalue weighted by Crippen LogP contribution is 2.35. The molecule has 2 heteroatoms. The Labute approximate surface area is 111 Å². The van der Waals surface area contributed by atoms with E-state index in [2.05, 4.69) is 6.92 Å². The third kappa shape index (κ3) is 4.17. The summed E-state index contributed by atoms with van der Waals surface area (Å²) in [7, 11) is 0. The van der Waals surface area contributed by atoms with Crippen LogP contribution in [0.3, 0.4) is 0 Å². The molecule has 17 heavy (non-hydrogen) atoms. The van der Waals surface area contributed by atoms with Crippen molar-refractivity contribution in [2.24, 2.45) is 11.8 Å². The van der Waals surface area contributed by atoms with E-state index in [9.17, 15) is 5.11 Å². The molecule has 1 nitrogen and oxygen atoms in total. The average molecular weight is 256 g/mol. The van der Waals surface area contributed by atoms with E-state index in [4.69, 9.17) is 0 Å². The summed E-state index contributed by atoms with van der Waals surface area (Å²) in [4.78, 5) is 0. The third-order valence-corrected chi connectivity index (χ3v) is 6.29. The lowest BCUT2D eigenvalue weighted by molar-refractivity contribution is 0.0915. The molecular weight excluding hydrogens is 228 g/mol. The van der Waals surface area contributed by atoms with Gasteiger partial charge in [-0.3, -0.25) is 0 Å². The van der Waals surface area contributed by atoms with Gasteiger partial charge >= 0.3 is 0 Å². The zero-order valence-corrected chi connectivity index (χ0v) is 12.1. The predicted molar refractivity (Wildman–Crippen MR) is 76.5 cm³/mol. The second-order valence-corrected chi connectivity index (χ2v) is 7.33. The van der Waals surface area contributed by atoms with Crippen LogP contribution >= 0.6 is 11.8 Å². The fraction of sp³-hybridized carbons (Fsp3) is 1.00. The first kappa shape index (κ1) is 13.7. The SMILES string of the molecule is CCC1CCC(C(O)CSC2CCCC2)CC1. The Morgan fingerprint density at radius 3 is 2.29 bits per heavy atom. The van der Waals surface area contributed by atoms with Crippen LogP contribution < -0.4 is 0 Å². The lowest BCUT2D eigenvalue weighted by Gasteiger charge is -2.31. The molecule has 0 aliphatic heterocycles. The number of hydrogen-bond donors (Lipinski definition) is 1. The highest BCUT2D eigenvalue weighted by molar-refractivity contribution is 7.99. The van der Waals surface area contributed by atoms with Gasteiger partial charge in [0, 0.05) is 11.0 Å². The lowest BCUT2D eigenvalue weighted by atomic mass is 9.79. The van der Waals surface area contributed by atoms with Gasteiger partial charge in [-0.1, -0.05) is 39.0 Å². The van der Waals surface area contributed by atoms with Crippen molar-refractivity contribution in [3.05, 3.63) is 0 Å². The predicted octanol–water partition coefficient (Wildman–Crippen LogP) is 4.24. The van der Waals surface area contributed by atoms with E-state index in [-0.39, 0.29) is 6.10 Å². The van der Waals surface area contributed by atoms with Gasteiger partial charge in [-0.25, -0.2) is 0 Å². The molecule has 0 aromatic carbocycles. The topological polar surface area (TPSA) is 20.2 Å². The number of rotatable bonds is 5. The number of thioether (sulfide) groups is 1. The van der Waals surface area contributed by atoms with Crippen LogP contribution in [-0.2, 0) is 0 Å². The van der Waals surface area contributed by atoms with Crippen molar-refractivity contribution < 1.29 is 5.11 Å². The van der Waals surface area contributed by atoms with Gasteiger partial charge < -0.3 is 5.11 Å². The van der Waals surface area contributed by atoms with E-state index < -0.39 is 0 Å². The molecule has 0 spiro atoms. The Kier molecular flexibility index (Phi) is 5.68. The summed E-state index contributed by atoms with van der Waals surface area (Å²) in [5, 5.41) is 11.1. The number of aliphatic hydroxyl groups excluding tert-OH is 1. The van der Waals surface area contributed by atoms with E-state index in [0.29, 0.717) is 5.92 Å². The molecule has 1 unspecified atom stereocenters. The molecule has 0 saturated heterocycles. The maximum Gasteiger partial charge on any atom is 0.0658 e. The molecule has 2 aliphatic rings. The molecule has 0 bridgehead atoms. The fourth-order valence-electron chi connectivity index (χ4n) is 3.41. The molecule has 0 heterocycles. The summed E-state index contributed by atoms with van der Waals surface area (Å²) in [6.45, 7) is 2.30. The summed E-state index contributed by atoms with van der Waals surface area (Å²) in [5.41, 5.74) is 0. The van der Waals surface area contributed by atoms with Gasteiger partial charge in [0.1, 0.15) is 0 Å². The Morgan fingerprint density at radius 1 is 1.06 bits per heavy atom. The summed E-state index contributed by atoms with van der Waals surface area (Å²) < 4.78 is 0. The van der Waals surface area contributed by atoms with Crippen molar-refractivity contribution in [1.82, 2.24) is 0 Å². The third-order valence-electron chi connectivity index (χ3n) is 4.82. The average Bonchev–Trinajstić information content (AvgIpc) is 2.89. The number of hydrogen-bond acceptors (Lipinski definition) is 2. The van der Waals surface area contributed by atoms with Gasteiger partial charge in [0.2, 0.25) is 0 Å². The van der Waals surface area contributed by atoms with Crippen LogP contribution in [0.25, 0.3) is 0 Å². The summed E-state index contributed by atoms with van der Waals surface area (Å²) in [6, 6.07) is 0. The highest BCUT2D eigenvalue weighted by atomic mass is 32.2. The van der Waals surface area contributed by atoms with Gasteiger partial charge in [0.25, 0.3) is 0 Å². The van der Waals surface area contributed by atoms with Crippen molar-refractivity contribution in [3.8, 4) is 0 Å². The molecule has 1 atom stereocenters. The minimum Gasteiger partial charge on any atom is -0.392 e. The molecule has 0 aromatic heterocycles. The second-order valence-electron chi connectivity index (χ2n) is 6.00. The molecule has 0 radical (unpaired) electrons. The minimum absolute atomic E-state index is 0.0293. The molecule has 1 N–H and O–H groups in total. The van der Waals surface area contributed by atoms with Crippen molar-refractivity contribution >= 4 is 11.8 Å². The highest BCUT2D eigenvalue weighted by Gasteiger charge is 2.26. The summed E-state index contributed by atoms with van der Waals surface area (Å²) >= 11 is 2.04. The van der Waals surface area contributed by atoms with Crippen LogP contribution in [-0.4, -0.2) is 22.2 Å². The maximum atomic E-state index is 10.3. The molecule has 2 rings (SSSR count). The number of aliphatic hydroxyl groups is 1. The van der Waals surface area contributed by atoms with Gasteiger partial charge in [0.05, 0.1) is 6.10 Å². The largest absolute Gasteiger partial charge is 0.392 e. The van der Waals surface area contributed by atoms with Gasteiger partial charge in [0.15, 0.2) is 0 Å².